The molecule has 0 fully saturated rings. The van der Waals surface area contributed by atoms with Crippen LogP contribution in [0.4, 0.5) is 0 Å². The average molecular weight is 135 g/mol. The first-order chi connectivity index (χ1) is 4.84. The Morgan fingerprint density at radius 3 is 2.40 bits per heavy atom. The Bertz CT molecular complexity index is 216. The molecule has 0 saturated carbocycles. The summed E-state index contributed by atoms with van der Waals surface area (Å²) in [6, 6.07) is 9.03. The summed E-state index contributed by atoms with van der Waals surface area (Å²) in [5.41, 5.74) is 0.720. The highest BCUT2D eigenvalue weighted by Gasteiger charge is 1.96. The van der Waals surface area contributed by atoms with Crippen LogP contribution < -0.4 is 0 Å². The summed E-state index contributed by atoms with van der Waals surface area (Å²) in [6.07, 6.45) is 0. The number of hydrogen-bond donors (Lipinski definition) is 0. The SMILES string of the molecule is C=C(O[O])c1ccccc1. The molecular weight excluding hydrogens is 128 g/mol. The minimum absolute atomic E-state index is 0.153. The van der Waals surface area contributed by atoms with Gasteiger partial charge in [-0.25, -0.2) is 0 Å². The molecule has 0 unspecified atom stereocenters. The van der Waals surface area contributed by atoms with Crippen LogP contribution in [0.3, 0.4) is 0 Å². The minimum atomic E-state index is 0.153. The zero-order chi connectivity index (χ0) is 7.40. The Kier molecular flexibility index (Phi) is 2.07. The van der Waals surface area contributed by atoms with Crippen molar-refractivity contribution in [3.05, 3.63) is 42.5 Å². The summed E-state index contributed by atoms with van der Waals surface area (Å²) in [7, 11) is 0. The average Bonchev–Trinajstić information content (AvgIpc) is 2.05. The molecule has 1 aromatic rings. The van der Waals surface area contributed by atoms with E-state index in [1.165, 1.54) is 0 Å². The topological polar surface area (TPSA) is 29.1 Å². The molecule has 0 spiro atoms. The number of benzene rings is 1. The lowest BCUT2D eigenvalue weighted by Crippen LogP contribution is -1.81. The summed E-state index contributed by atoms with van der Waals surface area (Å²) in [5, 5.41) is 9.83. The van der Waals surface area contributed by atoms with Gasteiger partial charge in [-0.05, 0) is 0 Å². The molecule has 1 rings (SSSR count). The maximum absolute atomic E-state index is 9.83. The van der Waals surface area contributed by atoms with Gasteiger partial charge in [0.2, 0.25) is 0 Å². The van der Waals surface area contributed by atoms with Gasteiger partial charge in [0.25, 0.3) is 0 Å². The highest BCUT2D eigenvalue weighted by atomic mass is 17.1. The fraction of sp³-hybridized carbons (Fsp3) is 0. The van der Waals surface area contributed by atoms with Gasteiger partial charge in [-0.15, -0.1) is 0 Å². The van der Waals surface area contributed by atoms with E-state index < -0.39 is 0 Å². The minimum Gasteiger partial charge on any atom is -0.305 e. The first kappa shape index (κ1) is 6.83. The van der Waals surface area contributed by atoms with Crippen LogP contribution in [0.2, 0.25) is 0 Å². The van der Waals surface area contributed by atoms with Crippen molar-refractivity contribution in [3.8, 4) is 0 Å². The van der Waals surface area contributed by atoms with Crippen LogP contribution in [-0.2, 0) is 10.1 Å². The Balaban J connectivity index is 2.85. The lowest BCUT2D eigenvalue weighted by Gasteiger charge is -1.96. The second kappa shape index (κ2) is 3.03. The summed E-state index contributed by atoms with van der Waals surface area (Å²) in [4.78, 5) is 3.69. The van der Waals surface area contributed by atoms with E-state index in [0.717, 1.165) is 5.56 Å². The van der Waals surface area contributed by atoms with E-state index in [9.17, 15) is 5.26 Å². The molecule has 51 valence electrons. The third-order valence-corrected chi connectivity index (χ3v) is 1.20. The number of hydrogen-bond acceptors (Lipinski definition) is 1. The lowest BCUT2D eigenvalue weighted by atomic mass is 10.2. The molecule has 1 radical (unpaired) electrons. The van der Waals surface area contributed by atoms with Crippen molar-refractivity contribution in [1.82, 2.24) is 0 Å². The Morgan fingerprint density at radius 1 is 1.30 bits per heavy atom. The summed E-state index contributed by atoms with van der Waals surface area (Å²) < 4.78 is 0. The van der Waals surface area contributed by atoms with E-state index in [1.54, 1.807) is 12.1 Å². The number of rotatable bonds is 2. The second-order valence-corrected chi connectivity index (χ2v) is 1.87. The zero-order valence-electron chi connectivity index (χ0n) is 5.41. The van der Waals surface area contributed by atoms with E-state index in [-0.39, 0.29) is 5.76 Å². The van der Waals surface area contributed by atoms with Crippen LogP contribution in [0.5, 0.6) is 0 Å². The van der Waals surface area contributed by atoms with Crippen molar-refractivity contribution >= 4 is 5.76 Å². The van der Waals surface area contributed by atoms with Gasteiger partial charge in [-0.3, -0.25) is 0 Å². The van der Waals surface area contributed by atoms with Gasteiger partial charge in [0.15, 0.2) is 5.76 Å². The molecule has 0 saturated heterocycles. The van der Waals surface area contributed by atoms with Crippen molar-refractivity contribution in [2.75, 3.05) is 0 Å². The predicted molar refractivity (Wildman–Crippen MR) is 37.2 cm³/mol. The Labute approximate surface area is 59.3 Å². The quantitative estimate of drug-likeness (QED) is 0.346. The van der Waals surface area contributed by atoms with Crippen molar-refractivity contribution in [2.45, 2.75) is 0 Å². The van der Waals surface area contributed by atoms with E-state index >= 15 is 0 Å². The molecule has 0 aromatic heterocycles. The van der Waals surface area contributed by atoms with E-state index in [0.29, 0.717) is 0 Å². The normalized spacial score (nSPS) is 8.90. The van der Waals surface area contributed by atoms with Gasteiger partial charge in [0.05, 0.1) is 0 Å². The van der Waals surface area contributed by atoms with Gasteiger partial charge in [-0.2, -0.15) is 0 Å². The molecule has 0 amide bonds. The molecule has 2 heteroatoms. The van der Waals surface area contributed by atoms with Crippen LogP contribution >= 0.6 is 0 Å². The molecule has 0 N–H and O–H groups in total. The molecule has 0 atom stereocenters. The molecular formula is C8H7O2. The summed E-state index contributed by atoms with van der Waals surface area (Å²) in [6.45, 7) is 3.41. The van der Waals surface area contributed by atoms with Crippen LogP contribution in [0.15, 0.2) is 36.9 Å². The third kappa shape index (κ3) is 1.36. The van der Waals surface area contributed by atoms with Crippen LogP contribution in [0.25, 0.3) is 5.76 Å². The summed E-state index contributed by atoms with van der Waals surface area (Å²) in [5.74, 6) is 0.153. The monoisotopic (exact) mass is 135 g/mol. The van der Waals surface area contributed by atoms with E-state index in [2.05, 4.69) is 11.5 Å². The third-order valence-electron chi connectivity index (χ3n) is 1.20. The predicted octanol–water partition coefficient (Wildman–Crippen LogP) is 2.02. The van der Waals surface area contributed by atoms with Crippen LogP contribution in [0, 0.1) is 0 Å². The lowest BCUT2D eigenvalue weighted by molar-refractivity contribution is -0.239. The second-order valence-electron chi connectivity index (χ2n) is 1.87. The highest BCUT2D eigenvalue weighted by Crippen LogP contribution is 2.10. The maximum atomic E-state index is 9.83. The van der Waals surface area contributed by atoms with Gasteiger partial charge in [-0.1, -0.05) is 36.9 Å². The molecule has 0 heterocycles. The fourth-order valence-electron chi connectivity index (χ4n) is 0.672. The first-order valence-corrected chi connectivity index (χ1v) is 2.89. The maximum Gasteiger partial charge on any atom is 0.168 e. The van der Waals surface area contributed by atoms with Crippen LogP contribution in [-0.4, -0.2) is 0 Å². The highest BCUT2D eigenvalue weighted by molar-refractivity contribution is 5.56. The Morgan fingerprint density at radius 2 is 1.90 bits per heavy atom. The standard InChI is InChI=1S/C8H7O2/c1-7(10-9)8-5-3-2-4-6-8/h2-6H,1H2. The Hall–Kier alpha value is -1.28. The van der Waals surface area contributed by atoms with Gasteiger partial charge in [0, 0.05) is 10.8 Å². The smallest absolute Gasteiger partial charge is 0.168 e. The molecule has 1 aromatic carbocycles. The van der Waals surface area contributed by atoms with Gasteiger partial charge >= 0.3 is 0 Å². The van der Waals surface area contributed by atoms with Crippen molar-refractivity contribution < 1.29 is 10.1 Å². The summed E-state index contributed by atoms with van der Waals surface area (Å²) >= 11 is 0. The zero-order valence-corrected chi connectivity index (χ0v) is 5.41. The van der Waals surface area contributed by atoms with Crippen molar-refractivity contribution in [3.63, 3.8) is 0 Å². The largest absolute Gasteiger partial charge is 0.305 e. The van der Waals surface area contributed by atoms with Gasteiger partial charge in [0.1, 0.15) is 0 Å². The molecule has 2 nitrogen and oxygen atoms in total. The van der Waals surface area contributed by atoms with E-state index in [1.807, 2.05) is 18.2 Å². The van der Waals surface area contributed by atoms with Crippen molar-refractivity contribution in [2.24, 2.45) is 0 Å². The van der Waals surface area contributed by atoms with E-state index in [4.69, 9.17) is 0 Å². The first-order valence-electron chi connectivity index (χ1n) is 2.89. The van der Waals surface area contributed by atoms with Crippen molar-refractivity contribution in [1.29, 1.82) is 0 Å². The molecule has 0 bridgehead atoms. The fourth-order valence-corrected chi connectivity index (χ4v) is 0.672. The molecule has 0 aliphatic carbocycles. The van der Waals surface area contributed by atoms with Crippen LogP contribution in [0.1, 0.15) is 5.56 Å². The molecule has 10 heavy (non-hydrogen) atoms. The van der Waals surface area contributed by atoms with Gasteiger partial charge < -0.3 is 4.89 Å². The molecule has 0 aliphatic rings. The molecule has 0 aliphatic heterocycles.